The Hall–Kier alpha value is -2.15. The van der Waals surface area contributed by atoms with Gasteiger partial charge in [0.05, 0.1) is 20.4 Å². The molecule has 0 aliphatic heterocycles. The molecule has 1 aromatic rings. The Labute approximate surface area is 111 Å². The van der Waals surface area contributed by atoms with Crippen molar-refractivity contribution in [2.24, 2.45) is 21.7 Å². The standard InChI is InChI=1S/C10H14N4O3.ClH/c1-16-7-3-6(5-13-14-10(11)12)4-8(17-2)9(7)15;/h3-5,15H,1-2H3,(H4,11,12,14);1H/b13-5+;. The lowest BCUT2D eigenvalue weighted by atomic mass is 10.2. The summed E-state index contributed by atoms with van der Waals surface area (Å²) in [4.78, 5) is 0. The summed E-state index contributed by atoms with van der Waals surface area (Å²) >= 11 is 0. The van der Waals surface area contributed by atoms with Crippen LogP contribution >= 0.6 is 12.4 Å². The zero-order valence-electron chi connectivity index (χ0n) is 9.95. The number of hydrogen-bond donors (Lipinski definition) is 3. The minimum atomic E-state index is -0.140. The van der Waals surface area contributed by atoms with Crippen molar-refractivity contribution in [2.45, 2.75) is 0 Å². The minimum Gasteiger partial charge on any atom is -0.502 e. The fourth-order valence-electron chi connectivity index (χ4n) is 1.15. The van der Waals surface area contributed by atoms with Crippen molar-refractivity contribution >= 4 is 24.6 Å². The van der Waals surface area contributed by atoms with Gasteiger partial charge in [0.2, 0.25) is 11.7 Å². The van der Waals surface area contributed by atoms with E-state index in [0.717, 1.165) is 0 Å². The summed E-state index contributed by atoms with van der Waals surface area (Å²) in [6, 6.07) is 3.15. The molecule has 0 aliphatic carbocycles. The van der Waals surface area contributed by atoms with Gasteiger partial charge in [-0.25, -0.2) is 0 Å². The van der Waals surface area contributed by atoms with Crippen molar-refractivity contribution in [2.75, 3.05) is 14.2 Å². The van der Waals surface area contributed by atoms with Crippen molar-refractivity contribution in [1.82, 2.24) is 0 Å². The predicted molar refractivity (Wildman–Crippen MR) is 71.9 cm³/mol. The van der Waals surface area contributed by atoms with Crippen LogP contribution in [-0.2, 0) is 0 Å². The van der Waals surface area contributed by atoms with E-state index in [4.69, 9.17) is 20.9 Å². The predicted octanol–water partition coefficient (Wildman–Crippen LogP) is 0.439. The molecule has 1 rings (SSSR count). The van der Waals surface area contributed by atoms with E-state index < -0.39 is 0 Å². The summed E-state index contributed by atoms with van der Waals surface area (Å²) in [5.74, 6) is 0.332. The smallest absolute Gasteiger partial charge is 0.211 e. The van der Waals surface area contributed by atoms with Gasteiger partial charge >= 0.3 is 0 Å². The molecular weight excluding hydrogens is 260 g/mol. The maximum Gasteiger partial charge on any atom is 0.211 e. The molecule has 0 atom stereocenters. The number of ether oxygens (including phenoxy) is 2. The molecule has 0 unspecified atom stereocenters. The van der Waals surface area contributed by atoms with Gasteiger partial charge < -0.3 is 26.0 Å². The topological polar surface area (TPSA) is 115 Å². The average molecular weight is 275 g/mol. The van der Waals surface area contributed by atoms with Crippen LogP contribution in [0.2, 0.25) is 0 Å². The molecule has 0 amide bonds. The van der Waals surface area contributed by atoms with Crippen molar-refractivity contribution < 1.29 is 14.6 Å². The molecule has 0 aliphatic rings. The first-order chi connectivity index (χ1) is 8.08. The number of phenols is 1. The maximum atomic E-state index is 9.66. The largest absolute Gasteiger partial charge is 0.502 e. The highest BCUT2D eigenvalue weighted by molar-refractivity contribution is 5.85. The Kier molecular flexibility index (Phi) is 6.37. The van der Waals surface area contributed by atoms with E-state index in [9.17, 15) is 5.11 Å². The summed E-state index contributed by atoms with van der Waals surface area (Å²) in [5.41, 5.74) is 10.9. The van der Waals surface area contributed by atoms with E-state index in [-0.39, 0.29) is 35.6 Å². The number of phenolic OH excluding ortho intramolecular Hbond substituents is 1. The summed E-state index contributed by atoms with van der Waals surface area (Å²) in [6.45, 7) is 0. The first-order valence-corrected chi connectivity index (χ1v) is 4.65. The van der Waals surface area contributed by atoms with Crippen molar-refractivity contribution in [3.05, 3.63) is 17.7 Å². The fourth-order valence-corrected chi connectivity index (χ4v) is 1.15. The Morgan fingerprint density at radius 2 is 1.72 bits per heavy atom. The molecule has 0 bridgehead atoms. The third-order valence-electron chi connectivity index (χ3n) is 1.88. The van der Waals surface area contributed by atoms with Crippen molar-refractivity contribution in [3.8, 4) is 17.2 Å². The molecule has 1 aromatic carbocycles. The Balaban J connectivity index is 0.00000289. The Morgan fingerprint density at radius 3 is 2.11 bits per heavy atom. The second-order valence-corrected chi connectivity index (χ2v) is 3.04. The molecule has 0 heterocycles. The molecule has 0 fully saturated rings. The third kappa shape index (κ3) is 4.02. The molecule has 0 saturated heterocycles. The molecule has 0 saturated carbocycles. The van der Waals surface area contributed by atoms with E-state index in [0.29, 0.717) is 5.56 Å². The number of hydrogen-bond acceptors (Lipinski definition) is 5. The summed E-state index contributed by atoms with van der Waals surface area (Å²) in [6.07, 6.45) is 1.41. The van der Waals surface area contributed by atoms with Crippen molar-refractivity contribution in [3.63, 3.8) is 0 Å². The molecule has 7 nitrogen and oxygen atoms in total. The Morgan fingerprint density at radius 1 is 1.22 bits per heavy atom. The summed E-state index contributed by atoms with van der Waals surface area (Å²) in [7, 11) is 2.87. The number of aromatic hydroxyl groups is 1. The molecule has 18 heavy (non-hydrogen) atoms. The van der Waals surface area contributed by atoms with Crippen LogP contribution in [0.3, 0.4) is 0 Å². The van der Waals surface area contributed by atoms with Gasteiger partial charge in [-0.1, -0.05) is 0 Å². The molecular formula is C10H15ClN4O3. The number of methoxy groups -OCH3 is 2. The fraction of sp³-hybridized carbons (Fsp3) is 0.200. The van der Waals surface area contributed by atoms with Crippen LogP contribution in [0.5, 0.6) is 17.2 Å². The van der Waals surface area contributed by atoms with Gasteiger partial charge in [-0.2, -0.15) is 5.10 Å². The lowest BCUT2D eigenvalue weighted by Gasteiger charge is -2.08. The molecule has 100 valence electrons. The van der Waals surface area contributed by atoms with Crippen molar-refractivity contribution in [1.29, 1.82) is 0 Å². The van der Waals surface area contributed by atoms with E-state index in [1.165, 1.54) is 20.4 Å². The first kappa shape index (κ1) is 15.9. The maximum absolute atomic E-state index is 9.66. The van der Waals surface area contributed by atoms with E-state index >= 15 is 0 Å². The first-order valence-electron chi connectivity index (χ1n) is 4.65. The quantitative estimate of drug-likeness (QED) is 0.418. The normalized spacial score (nSPS) is 9.67. The second kappa shape index (κ2) is 7.23. The van der Waals surface area contributed by atoms with Gasteiger partial charge in [0.1, 0.15) is 0 Å². The third-order valence-corrected chi connectivity index (χ3v) is 1.88. The number of guanidine groups is 1. The zero-order valence-corrected chi connectivity index (χ0v) is 10.8. The highest BCUT2D eigenvalue weighted by Gasteiger charge is 2.09. The van der Waals surface area contributed by atoms with Crippen LogP contribution in [-0.4, -0.2) is 31.5 Å². The second-order valence-electron chi connectivity index (χ2n) is 3.04. The summed E-state index contributed by atoms with van der Waals surface area (Å²) in [5, 5.41) is 16.8. The monoisotopic (exact) mass is 274 g/mol. The van der Waals surface area contributed by atoms with Crippen LogP contribution in [0.25, 0.3) is 0 Å². The molecule has 0 spiro atoms. The highest BCUT2D eigenvalue weighted by atomic mass is 35.5. The van der Waals surface area contributed by atoms with Crippen LogP contribution in [0.1, 0.15) is 5.56 Å². The van der Waals surface area contributed by atoms with E-state index in [1.807, 2.05) is 0 Å². The van der Waals surface area contributed by atoms with Crippen LogP contribution < -0.4 is 20.9 Å². The lowest BCUT2D eigenvalue weighted by molar-refractivity contribution is 0.340. The van der Waals surface area contributed by atoms with Gasteiger partial charge in [-0.05, 0) is 12.1 Å². The molecule has 5 N–H and O–H groups in total. The number of halogens is 1. The SMILES string of the molecule is COc1cc(/C=N/N=C(N)N)cc(OC)c1O.Cl. The summed E-state index contributed by atoms with van der Waals surface area (Å²) < 4.78 is 9.96. The van der Waals surface area contributed by atoms with E-state index in [1.54, 1.807) is 12.1 Å². The zero-order chi connectivity index (χ0) is 12.8. The number of benzene rings is 1. The lowest BCUT2D eigenvalue weighted by Crippen LogP contribution is -2.21. The van der Waals surface area contributed by atoms with E-state index in [2.05, 4.69) is 10.2 Å². The number of nitrogens with two attached hydrogens (primary N) is 2. The van der Waals surface area contributed by atoms with Crippen LogP contribution in [0, 0.1) is 0 Å². The van der Waals surface area contributed by atoms with Gasteiger partial charge in [0.25, 0.3) is 0 Å². The number of nitrogens with zero attached hydrogens (tertiary/aromatic N) is 2. The molecule has 0 aromatic heterocycles. The van der Waals surface area contributed by atoms with Gasteiger partial charge in [0.15, 0.2) is 11.5 Å². The van der Waals surface area contributed by atoms with Crippen LogP contribution in [0.4, 0.5) is 0 Å². The molecule has 8 heteroatoms. The minimum absolute atomic E-state index is 0. The molecule has 0 radical (unpaired) electrons. The number of rotatable bonds is 4. The van der Waals surface area contributed by atoms with Gasteiger partial charge in [0, 0.05) is 5.56 Å². The Bertz CT molecular complexity index is 433. The highest BCUT2D eigenvalue weighted by Crippen LogP contribution is 2.36. The average Bonchev–Trinajstić information content (AvgIpc) is 2.30. The van der Waals surface area contributed by atoms with Gasteiger partial charge in [-0.3, -0.25) is 0 Å². The van der Waals surface area contributed by atoms with Gasteiger partial charge in [-0.15, -0.1) is 17.5 Å². The van der Waals surface area contributed by atoms with Crippen LogP contribution in [0.15, 0.2) is 22.3 Å².